The number of carbonyl (C=O) groups is 1. The van der Waals surface area contributed by atoms with Gasteiger partial charge in [0.2, 0.25) is 0 Å². The largest absolute Gasteiger partial charge is 0.478 e. The normalized spacial score (nSPS) is 24.7. The van der Waals surface area contributed by atoms with Gasteiger partial charge in [-0.3, -0.25) is 0 Å². The van der Waals surface area contributed by atoms with Gasteiger partial charge in [-0.25, -0.2) is 4.79 Å². The van der Waals surface area contributed by atoms with Crippen molar-refractivity contribution in [3.8, 4) is 0 Å². The van der Waals surface area contributed by atoms with E-state index in [2.05, 4.69) is 57.7 Å². The zero-order valence-electron chi connectivity index (χ0n) is 12.4. The van der Waals surface area contributed by atoms with Crippen LogP contribution >= 0.6 is 15.9 Å². The van der Waals surface area contributed by atoms with E-state index in [-0.39, 0.29) is 12.0 Å². The molecule has 0 fully saturated rings. The molecule has 1 heterocycles. The number of benzene rings is 2. The fraction of sp³-hybridized carbons (Fsp3) is 0.211. The highest BCUT2D eigenvalue weighted by Gasteiger charge is 2.38. The Labute approximate surface area is 143 Å². The van der Waals surface area contributed by atoms with Crippen molar-refractivity contribution in [2.45, 2.75) is 18.4 Å². The van der Waals surface area contributed by atoms with E-state index in [4.69, 9.17) is 0 Å². The third-order valence-corrected chi connectivity index (χ3v) is 5.37. The molecule has 0 saturated heterocycles. The smallest absolute Gasteiger partial charge is 0.335 e. The topological polar surface area (TPSA) is 49.3 Å². The third-order valence-electron chi connectivity index (χ3n) is 4.84. The molecule has 23 heavy (non-hydrogen) atoms. The van der Waals surface area contributed by atoms with Crippen molar-refractivity contribution >= 4 is 27.6 Å². The van der Waals surface area contributed by atoms with E-state index in [0.29, 0.717) is 11.5 Å². The molecule has 4 heteroatoms. The Kier molecular flexibility index (Phi) is 3.49. The predicted octanol–water partition coefficient (Wildman–Crippen LogP) is 4.97. The summed E-state index contributed by atoms with van der Waals surface area (Å²) in [5.74, 6) is -0.173. The maximum absolute atomic E-state index is 11.3. The number of rotatable bonds is 2. The van der Waals surface area contributed by atoms with Gasteiger partial charge in [-0.2, -0.15) is 0 Å². The lowest BCUT2D eigenvalue weighted by atomic mass is 9.76. The number of hydrogen-bond acceptors (Lipinski definition) is 2. The van der Waals surface area contributed by atoms with Crippen LogP contribution in [0.4, 0.5) is 5.69 Å². The highest BCUT2D eigenvalue weighted by Crippen LogP contribution is 2.49. The van der Waals surface area contributed by atoms with Gasteiger partial charge in [0.25, 0.3) is 0 Å². The molecule has 0 bridgehead atoms. The summed E-state index contributed by atoms with van der Waals surface area (Å²) in [4.78, 5) is 11.3. The molecule has 4 rings (SSSR count). The van der Waals surface area contributed by atoms with Crippen LogP contribution in [0.2, 0.25) is 0 Å². The van der Waals surface area contributed by atoms with Crippen LogP contribution in [0.5, 0.6) is 0 Å². The lowest BCUT2D eigenvalue weighted by Crippen LogP contribution is -2.29. The second-order valence-corrected chi connectivity index (χ2v) is 7.05. The first kappa shape index (κ1) is 14.5. The second kappa shape index (κ2) is 5.53. The molecule has 0 amide bonds. The molecule has 2 N–H and O–H groups in total. The molecular formula is C19H16BrNO2. The Morgan fingerprint density at radius 2 is 1.96 bits per heavy atom. The zero-order valence-corrected chi connectivity index (χ0v) is 14.0. The molecule has 116 valence electrons. The Morgan fingerprint density at radius 3 is 2.70 bits per heavy atom. The second-order valence-electron chi connectivity index (χ2n) is 6.13. The third kappa shape index (κ3) is 2.47. The highest BCUT2D eigenvalue weighted by molar-refractivity contribution is 9.10. The zero-order chi connectivity index (χ0) is 16.0. The van der Waals surface area contributed by atoms with Gasteiger partial charge in [-0.1, -0.05) is 40.2 Å². The Bertz CT molecular complexity index is 798. The van der Waals surface area contributed by atoms with Gasteiger partial charge in [0, 0.05) is 16.1 Å². The summed E-state index contributed by atoms with van der Waals surface area (Å²) in [5, 5.41) is 12.9. The lowest BCUT2D eigenvalue weighted by Gasteiger charge is -2.37. The van der Waals surface area contributed by atoms with Crippen LogP contribution in [0.3, 0.4) is 0 Å². The minimum atomic E-state index is -0.874. The molecule has 0 radical (unpaired) electrons. The Balaban J connectivity index is 1.77. The van der Waals surface area contributed by atoms with Crippen molar-refractivity contribution in [2.75, 3.05) is 5.32 Å². The van der Waals surface area contributed by atoms with Crippen molar-refractivity contribution in [1.29, 1.82) is 0 Å². The van der Waals surface area contributed by atoms with Gasteiger partial charge >= 0.3 is 5.97 Å². The van der Waals surface area contributed by atoms with Gasteiger partial charge in [0.1, 0.15) is 0 Å². The van der Waals surface area contributed by atoms with E-state index in [9.17, 15) is 9.90 Å². The summed E-state index contributed by atoms with van der Waals surface area (Å²) >= 11 is 3.48. The van der Waals surface area contributed by atoms with E-state index in [1.807, 2.05) is 12.1 Å². The molecule has 2 aromatic carbocycles. The number of nitrogens with one attached hydrogen (secondary N) is 1. The summed E-state index contributed by atoms with van der Waals surface area (Å²) in [6.07, 6.45) is 5.45. The SMILES string of the molecule is O=C(O)c1ccc2c(c1)[C@@H]1C=CC[C@H]1[C@H](c1ccc(Br)cc1)N2. The fourth-order valence-electron chi connectivity index (χ4n) is 3.73. The van der Waals surface area contributed by atoms with Crippen LogP contribution < -0.4 is 5.32 Å². The van der Waals surface area contributed by atoms with E-state index >= 15 is 0 Å². The van der Waals surface area contributed by atoms with Crippen molar-refractivity contribution in [3.63, 3.8) is 0 Å². The fourth-order valence-corrected chi connectivity index (χ4v) is 3.99. The number of hydrogen-bond donors (Lipinski definition) is 2. The van der Waals surface area contributed by atoms with Crippen molar-refractivity contribution < 1.29 is 9.90 Å². The molecule has 2 aromatic rings. The monoisotopic (exact) mass is 369 g/mol. The van der Waals surface area contributed by atoms with Gasteiger partial charge in [0.15, 0.2) is 0 Å². The number of aromatic carboxylic acids is 1. The number of carboxylic acids is 1. The summed E-state index contributed by atoms with van der Waals surface area (Å²) in [6.45, 7) is 0. The van der Waals surface area contributed by atoms with E-state index in [0.717, 1.165) is 22.1 Å². The van der Waals surface area contributed by atoms with Gasteiger partial charge in [0.05, 0.1) is 11.6 Å². The standard InChI is InChI=1S/C19H16BrNO2/c20-13-7-4-11(5-8-13)18-15-3-1-2-14(15)16-10-12(19(22)23)6-9-17(16)21-18/h1-2,4-10,14-15,18,21H,3H2,(H,22,23)/t14-,15-,18+/m1/s1. The first-order valence-corrected chi connectivity index (χ1v) is 8.48. The number of fused-ring (bicyclic) bond motifs is 3. The Morgan fingerprint density at radius 1 is 1.17 bits per heavy atom. The maximum atomic E-state index is 11.3. The number of anilines is 1. The van der Waals surface area contributed by atoms with Crippen LogP contribution in [0.1, 0.15) is 39.9 Å². The van der Waals surface area contributed by atoms with Crippen LogP contribution in [-0.4, -0.2) is 11.1 Å². The maximum Gasteiger partial charge on any atom is 0.335 e. The van der Waals surface area contributed by atoms with Crippen LogP contribution in [0.25, 0.3) is 0 Å². The molecule has 3 atom stereocenters. The summed E-state index contributed by atoms with van der Waals surface area (Å²) in [7, 11) is 0. The summed E-state index contributed by atoms with van der Waals surface area (Å²) in [5.41, 5.74) is 3.75. The molecule has 2 aliphatic rings. The number of carboxylic acid groups (broad SMARTS) is 1. The molecule has 3 nitrogen and oxygen atoms in total. The first-order valence-electron chi connectivity index (χ1n) is 7.69. The molecule has 0 saturated carbocycles. The molecule has 0 aromatic heterocycles. The minimum absolute atomic E-state index is 0.242. The molecule has 0 unspecified atom stereocenters. The van der Waals surface area contributed by atoms with E-state index < -0.39 is 5.97 Å². The van der Waals surface area contributed by atoms with Crippen LogP contribution in [-0.2, 0) is 0 Å². The Hall–Kier alpha value is -2.07. The van der Waals surface area contributed by atoms with Gasteiger partial charge in [-0.05, 0) is 53.8 Å². The van der Waals surface area contributed by atoms with Crippen LogP contribution in [0.15, 0.2) is 59.1 Å². The predicted molar refractivity (Wildman–Crippen MR) is 93.9 cm³/mol. The molecule has 1 aliphatic heterocycles. The lowest BCUT2D eigenvalue weighted by molar-refractivity contribution is 0.0696. The van der Waals surface area contributed by atoms with Crippen molar-refractivity contribution in [1.82, 2.24) is 0 Å². The minimum Gasteiger partial charge on any atom is -0.478 e. The molecular weight excluding hydrogens is 354 g/mol. The summed E-state index contributed by atoms with van der Waals surface area (Å²) in [6, 6.07) is 14.1. The van der Waals surface area contributed by atoms with Crippen LogP contribution in [0, 0.1) is 5.92 Å². The summed E-state index contributed by atoms with van der Waals surface area (Å²) < 4.78 is 1.07. The van der Waals surface area contributed by atoms with E-state index in [1.54, 1.807) is 6.07 Å². The first-order chi connectivity index (χ1) is 11.1. The average molecular weight is 370 g/mol. The van der Waals surface area contributed by atoms with Gasteiger partial charge in [-0.15, -0.1) is 0 Å². The number of allylic oxidation sites excluding steroid dienone is 2. The highest BCUT2D eigenvalue weighted by atomic mass is 79.9. The molecule has 1 aliphatic carbocycles. The average Bonchev–Trinajstić information content (AvgIpc) is 3.04. The van der Waals surface area contributed by atoms with E-state index in [1.165, 1.54) is 5.56 Å². The molecule has 0 spiro atoms. The van der Waals surface area contributed by atoms with Crippen molar-refractivity contribution in [2.24, 2.45) is 5.92 Å². The van der Waals surface area contributed by atoms with Crippen molar-refractivity contribution in [3.05, 3.63) is 75.8 Å². The van der Waals surface area contributed by atoms with Gasteiger partial charge < -0.3 is 10.4 Å². The quantitative estimate of drug-likeness (QED) is 0.734. The number of halogens is 1.